The molecule has 0 saturated heterocycles. The van der Waals surface area contributed by atoms with E-state index in [-0.39, 0.29) is 6.42 Å². The van der Waals surface area contributed by atoms with Crippen LogP contribution in [0.5, 0.6) is 0 Å². The molecule has 0 aliphatic rings. The Morgan fingerprint density at radius 1 is 1.15 bits per heavy atom. The summed E-state index contributed by atoms with van der Waals surface area (Å²) in [4.78, 5) is 20.8. The molecule has 4 heteroatoms. The third kappa shape index (κ3) is 7.46. The number of Topliss-reactive ketones (excluding diaryl/α,β-unsaturated/α-hetero) is 1. The molecule has 0 unspecified atom stereocenters. The van der Waals surface area contributed by atoms with Crippen molar-refractivity contribution in [3.05, 3.63) is 0 Å². The van der Waals surface area contributed by atoms with Crippen molar-refractivity contribution < 1.29 is 19.2 Å². The van der Waals surface area contributed by atoms with Gasteiger partial charge in [0.2, 0.25) is 5.78 Å². The number of carboxylic acid groups (broad SMARTS) is 1. The molecule has 0 rings (SSSR count). The summed E-state index contributed by atoms with van der Waals surface area (Å²) in [5, 5.41) is 8.29. The fraction of sp³-hybridized carbons (Fsp3) is 0.778. The van der Waals surface area contributed by atoms with Crippen molar-refractivity contribution in [1.29, 1.82) is 0 Å². The Morgan fingerprint density at radius 3 is 2.08 bits per heavy atom. The van der Waals surface area contributed by atoms with Crippen molar-refractivity contribution in [1.82, 2.24) is 0 Å². The van der Waals surface area contributed by atoms with Gasteiger partial charge in [-0.15, -0.1) is 0 Å². The average molecular weight is 188 g/mol. The van der Waals surface area contributed by atoms with Gasteiger partial charge < -0.3 is 9.59 Å². The van der Waals surface area contributed by atoms with Gasteiger partial charge in [0.05, 0.1) is 27.7 Å². The standard InChI is InChI=1S/C9H17NO3/c1-10(2,3)7-5-4-6-8(11)9(12)13/h4-7H2,1-3H3/p+1. The maximum Gasteiger partial charge on any atom is 0.372 e. The lowest BCUT2D eigenvalue weighted by Gasteiger charge is -2.23. The SMILES string of the molecule is C[N+](C)(C)CCCCC(=O)C(=O)O. The quantitative estimate of drug-likeness (QED) is 0.375. The highest BCUT2D eigenvalue weighted by molar-refractivity contribution is 6.32. The molecule has 0 aliphatic carbocycles. The summed E-state index contributed by atoms with van der Waals surface area (Å²) in [6, 6.07) is 0. The number of hydrogen-bond donors (Lipinski definition) is 1. The van der Waals surface area contributed by atoms with E-state index in [1.54, 1.807) is 0 Å². The summed E-state index contributed by atoms with van der Waals surface area (Å²) in [6.45, 7) is 0.965. The maximum atomic E-state index is 10.7. The predicted molar refractivity (Wildman–Crippen MR) is 49.4 cm³/mol. The first kappa shape index (κ1) is 12.1. The van der Waals surface area contributed by atoms with Gasteiger partial charge in [0.25, 0.3) is 0 Å². The summed E-state index contributed by atoms with van der Waals surface area (Å²) in [5.74, 6) is -1.99. The third-order valence-electron chi connectivity index (χ3n) is 1.72. The normalized spacial score (nSPS) is 11.3. The molecular formula is C9H18NO3+. The van der Waals surface area contributed by atoms with Crippen LogP contribution in [0.25, 0.3) is 0 Å². The van der Waals surface area contributed by atoms with Crippen LogP contribution in [0.1, 0.15) is 19.3 Å². The van der Waals surface area contributed by atoms with Gasteiger partial charge in [-0.2, -0.15) is 0 Å². The molecule has 0 atom stereocenters. The lowest BCUT2D eigenvalue weighted by Crippen LogP contribution is -2.35. The average Bonchev–Trinajstić information content (AvgIpc) is 1.95. The van der Waals surface area contributed by atoms with Gasteiger partial charge in [0.15, 0.2) is 0 Å². The second kappa shape index (κ2) is 4.97. The molecule has 0 radical (unpaired) electrons. The van der Waals surface area contributed by atoms with Crippen molar-refractivity contribution in [3.63, 3.8) is 0 Å². The molecule has 0 aromatic heterocycles. The van der Waals surface area contributed by atoms with Crippen LogP contribution in [-0.2, 0) is 9.59 Å². The van der Waals surface area contributed by atoms with E-state index in [9.17, 15) is 9.59 Å². The monoisotopic (exact) mass is 188 g/mol. The smallest absolute Gasteiger partial charge is 0.372 e. The van der Waals surface area contributed by atoms with Gasteiger partial charge in [0, 0.05) is 6.42 Å². The lowest BCUT2D eigenvalue weighted by molar-refractivity contribution is -0.870. The van der Waals surface area contributed by atoms with E-state index in [2.05, 4.69) is 21.1 Å². The minimum absolute atomic E-state index is 0.162. The van der Waals surface area contributed by atoms with Gasteiger partial charge in [-0.1, -0.05) is 0 Å². The van der Waals surface area contributed by atoms with E-state index in [1.807, 2.05) is 0 Å². The molecular weight excluding hydrogens is 170 g/mol. The molecule has 0 fully saturated rings. The van der Waals surface area contributed by atoms with Crippen LogP contribution in [0, 0.1) is 0 Å². The fourth-order valence-electron chi connectivity index (χ4n) is 0.979. The van der Waals surface area contributed by atoms with Crippen LogP contribution >= 0.6 is 0 Å². The summed E-state index contributed by atoms with van der Waals surface area (Å²) in [7, 11) is 6.21. The molecule has 0 amide bonds. The van der Waals surface area contributed by atoms with Crippen LogP contribution in [0.3, 0.4) is 0 Å². The zero-order chi connectivity index (χ0) is 10.5. The Morgan fingerprint density at radius 2 is 1.69 bits per heavy atom. The van der Waals surface area contributed by atoms with E-state index in [1.165, 1.54) is 0 Å². The number of hydrogen-bond acceptors (Lipinski definition) is 2. The summed E-state index contributed by atoms with van der Waals surface area (Å²) >= 11 is 0. The summed E-state index contributed by atoms with van der Waals surface area (Å²) in [6.07, 6.45) is 1.72. The summed E-state index contributed by atoms with van der Waals surface area (Å²) in [5.41, 5.74) is 0. The molecule has 0 bridgehead atoms. The second-order valence-electron chi connectivity index (χ2n) is 4.20. The number of carbonyl (C=O) groups is 2. The highest BCUT2D eigenvalue weighted by Gasteiger charge is 2.11. The highest BCUT2D eigenvalue weighted by atomic mass is 16.4. The van der Waals surface area contributed by atoms with Gasteiger partial charge in [-0.25, -0.2) is 4.79 Å². The van der Waals surface area contributed by atoms with Crippen molar-refractivity contribution in [3.8, 4) is 0 Å². The number of quaternary nitrogens is 1. The van der Waals surface area contributed by atoms with Gasteiger partial charge in [-0.3, -0.25) is 4.79 Å². The molecule has 0 aromatic rings. The molecule has 0 spiro atoms. The number of carboxylic acids is 1. The van der Waals surface area contributed by atoms with E-state index in [0.717, 1.165) is 17.4 Å². The van der Waals surface area contributed by atoms with Crippen LogP contribution in [0.4, 0.5) is 0 Å². The molecule has 0 saturated carbocycles. The number of unbranched alkanes of at least 4 members (excludes halogenated alkanes) is 1. The fourth-order valence-corrected chi connectivity index (χ4v) is 0.979. The zero-order valence-electron chi connectivity index (χ0n) is 8.54. The second-order valence-corrected chi connectivity index (χ2v) is 4.20. The maximum absolute atomic E-state index is 10.7. The van der Waals surface area contributed by atoms with E-state index < -0.39 is 11.8 Å². The van der Waals surface area contributed by atoms with Crippen molar-refractivity contribution in [2.24, 2.45) is 0 Å². The van der Waals surface area contributed by atoms with E-state index >= 15 is 0 Å². The van der Waals surface area contributed by atoms with Gasteiger partial charge in [0.1, 0.15) is 0 Å². The van der Waals surface area contributed by atoms with Crippen molar-refractivity contribution >= 4 is 11.8 Å². The number of rotatable bonds is 6. The Labute approximate surface area is 78.7 Å². The third-order valence-corrected chi connectivity index (χ3v) is 1.72. The number of nitrogens with zero attached hydrogens (tertiary/aromatic N) is 1. The highest BCUT2D eigenvalue weighted by Crippen LogP contribution is 2.01. The minimum Gasteiger partial charge on any atom is -0.476 e. The number of carbonyl (C=O) groups excluding carboxylic acids is 1. The van der Waals surface area contributed by atoms with Gasteiger partial charge in [-0.05, 0) is 12.8 Å². The van der Waals surface area contributed by atoms with Crippen LogP contribution in [0.15, 0.2) is 0 Å². The largest absolute Gasteiger partial charge is 0.476 e. The molecule has 4 nitrogen and oxygen atoms in total. The zero-order valence-corrected chi connectivity index (χ0v) is 8.54. The van der Waals surface area contributed by atoms with Crippen LogP contribution in [0.2, 0.25) is 0 Å². The van der Waals surface area contributed by atoms with Gasteiger partial charge >= 0.3 is 5.97 Å². The van der Waals surface area contributed by atoms with E-state index in [4.69, 9.17) is 5.11 Å². The Hall–Kier alpha value is -0.900. The minimum atomic E-state index is -1.31. The van der Waals surface area contributed by atoms with Crippen molar-refractivity contribution in [2.75, 3.05) is 27.7 Å². The molecule has 0 aromatic carbocycles. The molecule has 0 heterocycles. The lowest BCUT2D eigenvalue weighted by atomic mass is 10.1. The Bertz CT molecular complexity index is 194. The van der Waals surface area contributed by atoms with Crippen LogP contribution in [-0.4, -0.2) is 49.0 Å². The Balaban J connectivity index is 3.47. The van der Waals surface area contributed by atoms with Crippen LogP contribution < -0.4 is 0 Å². The Kier molecular flexibility index (Phi) is 4.62. The molecule has 76 valence electrons. The summed E-state index contributed by atoms with van der Waals surface area (Å²) < 4.78 is 0.848. The van der Waals surface area contributed by atoms with Crippen molar-refractivity contribution in [2.45, 2.75) is 19.3 Å². The first-order valence-electron chi connectivity index (χ1n) is 4.39. The number of ketones is 1. The topological polar surface area (TPSA) is 54.4 Å². The number of aliphatic carboxylic acids is 1. The van der Waals surface area contributed by atoms with E-state index in [0.29, 0.717) is 6.42 Å². The predicted octanol–water partition coefficient (Wildman–Crippen LogP) is 0.517. The first-order chi connectivity index (χ1) is 5.83. The molecule has 0 aliphatic heterocycles. The molecule has 1 N–H and O–H groups in total. The molecule has 13 heavy (non-hydrogen) atoms. The first-order valence-corrected chi connectivity index (χ1v) is 4.39.